The molecule has 0 fully saturated rings. The third-order valence-corrected chi connectivity index (χ3v) is 3.66. The number of amides is 1. The first-order valence-corrected chi connectivity index (χ1v) is 8.41. The Bertz CT molecular complexity index is 569. The third-order valence-electron chi connectivity index (χ3n) is 3.66. The van der Waals surface area contributed by atoms with Gasteiger partial charge in [0.25, 0.3) is 0 Å². The Kier molecular flexibility index (Phi) is 5.94. The molecule has 0 bridgehead atoms. The Labute approximate surface area is 143 Å². The molecule has 1 aromatic rings. The molecule has 24 heavy (non-hydrogen) atoms. The Morgan fingerprint density at radius 1 is 1.42 bits per heavy atom. The van der Waals surface area contributed by atoms with E-state index >= 15 is 0 Å². The van der Waals surface area contributed by atoms with Crippen LogP contribution in [0.3, 0.4) is 0 Å². The summed E-state index contributed by atoms with van der Waals surface area (Å²) in [6, 6.07) is 5.71. The van der Waals surface area contributed by atoms with Gasteiger partial charge < -0.3 is 24.8 Å². The summed E-state index contributed by atoms with van der Waals surface area (Å²) in [4.78, 5) is 13.7. The lowest BCUT2D eigenvalue weighted by atomic mass is 10.0. The molecule has 2 rings (SSSR count). The van der Waals surface area contributed by atoms with Crippen molar-refractivity contribution in [2.45, 2.75) is 45.8 Å². The smallest absolute Gasteiger partial charge is 0.410 e. The molecule has 0 radical (unpaired) electrons. The molecule has 0 spiro atoms. The molecule has 1 heterocycles. The standard InChI is InChI=1S/C18H28N2O4/c1-5-20(17(21)24-18(2,3)4)9-10-22-15-7-6-8-16-14(15)11-13(19)12-23-16/h6-8,13H,5,9-12,19H2,1-4H3/t13-/m0/s1. The van der Waals surface area contributed by atoms with Crippen LogP contribution in [0.1, 0.15) is 33.3 Å². The predicted molar refractivity (Wildman–Crippen MR) is 92.6 cm³/mol. The average molecular weight is 336 g/mol. The fourth-order valence-electron chi connectivity index (χ4n) is 2.51. The van der Waals surface area contributed by atoms with E-state index in [1.807, 2.05) is 45.9 Å². The average Bonchev–Trinajstić information content (AvgIpc) is 2.50. The first-order valence-electron chi connectivity index (χ1n) is 8.41. The maximum Gasteiger partial charge on any atom is 0.410 e. The van der Waals surface area contributed by atoms with Gasteiger partial charge in [-0.15, -0.1) is 0 Å². The van der Waals surface area contributed by atoms with Crippen LogP contribution in [0.15, 0.2) is 18.2 Å². The van der Waals surface area contributed by atoms with Gasteiger partial charge >= 0.3 is 6.09 Å². The van der Waals surface area contributed by atoms with Crippen molar-refractivity contribution < 1.29 is 19.0 Å². The molecule has 6 heteroatoms. The van der Waals surface area contributed by atoms with Crippen molar-refractivity contribution in [3.05, 3.63) is 23.8 Å². The minimum atomic E-state index is -0.503. The maximum absolute atomic E-state index is 12.1. The number of fused-ring (bicyclic) bond motifs is 1. The zero-order valence-corrected chi connectivity index (χ0v) is 15.0. The summed E-state index contributed by atoms with van der Waals surface area (Å²) in [5, 5.41) is 0. The van der Waals surface area contributed by atoms with E-state index < -0.39 is 5.60 Å². The van der Waals surface area contributed by atoms with E-state index in [1.165, 1.54) is 0 Å². The fourth-order valence-corrected chi connectivity index (χ4v) is 2.51. The number of carbonyl (C=O) groups is 1. The topological polar surface area (TPSA) is 74.0 Å². The Hall–Kier alpha value is -1.95. The van der Waals surface area contributed by atoms with Crippen LogP contribution in [-0.4, -0.2) is 48.9 Å². The molecule has 1 aliphatic heterocycles. The highest BCUT2D eigenvalue weighted by Crippen LogP contribution is 2.32. The molecular formula is C18H28N2O4. The van der Waals surface area contributed by atoms with Crippen LogP contribution in [0, 0.1) is 0 Å². The van der Waals surface area contributed by atoms with Crippen molar-refractivity contribution in [2.24, 2.45) is 5.73 Å². The molecule has 6 nitrogen and oxygen atoms in total. The van der Waals surface area contributed by atoms with E-state index in [4.69, 9.17) is 19.9 Å². The van der Waals surface area contributed by atoms with Gasteiger partial charge in [0.05, 0.1) is 6.54 Å². The second-order valence-electron chi connectivity index (χ2n) is 6.92. The van der Waals surface area contributed by atoms with Crippen LogP contribution in [0.5, 0.6) is 11.5 Å². The summed E-state index contributed by atoms with van der Waals surface area (Å²) in [5.74, 6) is 1.59. The number of rotatable bonds is 5. The summed E-state index contributed by atoms with van der Waals surface area (Å²) in [6.07, 6.45) is 0.406. The highest BCUT2D eigenvalue weighted by Gasteiger charge is 2.22. The summed E-state index contributed by atoms with van der Waals surface area (Å²) in [5.41, 5.74) is 6.46. The number of carbonyl (C=O) groups excluding carboxylic acids is 1. The zero-order valence-electron chi connectivity index (χ0n) is 15.0. The molecule has 1 atom stereocenters. The number of likely N-dealkylation sites (N-methyl/N-ethyl adjacent to an activating group) is 1. The van der Waals surface area contributed by atoms with E-state index in [0.29, 0.717) is 26.3 Å². The first-order chi connectivity index (χ1) is 11.3. The summed E-state index contributed by atoms with van der Waals surface area (Å²) >= 11 is 0. The van der Waals surface area contributed by atoms with Crippen molar-refractivity contribution in [3.8, 4) is 11.5 Å². The number of benzene rings is 1. The highest BCUT2D eigenvalue weighted by atomic mass is 16.6. The largest absolute Gasteiger partial charge is 0.492 e. The summed E-state index contributed by atoms with van der Waals surface area (Å²) in [6.45, 7) is 9.43. The quantitative estimate of drug-likeness (QED) is 0.894. The molecule has 1 amide bonds. The van der Waals surface area contributed by atoms with Gasteiger partial charge in [0.1, 0.15) is 30.3 Å². The minimum absolute atomic E-state index is 0.0175. The molecule has 1 aromatic carbocycles. The molecular weight excluding hydrogens is 308 g/mol. The lowest BCUT2D eigenvalue weighted by Crippen LogP contribution is -2.39. The lowest BCUT2D eigenvalue weighted by molar-refractivity contribution is 0.0237. The van der Waals surface area contributed by atoms with Crippen molar-refractivity contribution in [1.29, 1.82) is 0 Å². The molecule has 134 valence electrons. The number of ether oxygens (including phenoxy) is 3. The SMILES string of the molecule is CCN(CCOc1cccc2c1C[C@H](N)CO2)C(=O)OC(C)(C)C. The summed E-state index contributed by atoms with van der Waals surface area (Å²) < 4.78 is 16.9. The highest BCUT2D eigenvalue weighted by molar-refractivity contribution is 5.68. The third kappa shape index (κ3) is 5.03. The number of nitrogens with zero attached hydrogens (tertiary/aromatic N) is 1. The van der Waals surface area contributed by atoms with E-state index in [2.05, 4.69) is 0 Å². The van der Waals surface area contributed by atoms with Gasteiger partial charge in [0, 0.05) is 18.2 Å². The Morgan fingerprint density at radius 3 is 2.83 bits per heavy atom. The van der Waals surface area contributed by atoms with Gasteiger partial charge in [-0.05, 0) is 46.2 Å². The van der Waals surface area contributed by atoms with Crippen molar-refractivity contribution in [2.75, 3.05) is 26.3 Å². The molecule has 0 aromatic heterocycles. The van der Waals surface area contributed by atoms with E-state index in [9.17, 15) is 4.79 Å². The van der Waals surface area contributed by atoms with Crippen LogP contribution in [-0.2, 0) is 11.2 Å². The zero-order chi connectivity index (χ0) is 17.7. The number of hydrogen-bond donors (Lipinski definition) is 1. The van der Waals surface area contributed by atoms with Gasteiger partial charge in [-0.25, -0.2) is 4.79 Å². The second-order valence-corrected chi connectivity index (χ2v) is 6.92. The second kappa shape index (κ2) is 7.75. The molecule has 0 unspecified atom stereocenters. The van der Waals surface area contributed by atoms with Gasteiger partial charge in [-0.1, -0.05) is 6.07 Å². The van der Waals surface area contributed by atoms with Crippen LogP contribution in [0.4, 0.5) is 4.79 Å². The molecule has 0 saturated heterocycles. The van der Waals surface area contributed by atoms with Crippen LogP contribution in [0.25, 0.3) is 0 Å². The van der Waals surface area contributed by atoms with Gasteiger partial charge in [-0.2, -0.15) is 0 Å². The predicted octanol–water partition coefficient (Wildman–Crippen LogP) is 2.58. The van der Waals surface area contributed by atoms with E-state index in [-0.39, 0.29) is 12.1 Å². The van der Waals surface area contributed by atoms with Crippen LogP contribution >= 0.6 is 0 Å². The monoisotopic (exact) mass is 336 g/mol. The van der Waals surface area contributed by atoms with Crippen LogP contribution < -0.4 is 15.2 Å². The summed E-state index contributed by atoms with van der Waals surface area (Å²) in [7, 11) is 0. The van der Waals surface area contributed by atoms with E-state index in [0.717, 1.165) is 23.5 Å². The number of hydrogen-bond acceptors (Lipinski definition) is 5. The fraction of sp³-hybridized carbons (Fsp3) is 0.611. The molecule has 1 aliphatic rings. The first kappa shape index (κ1) is 18.4. The van der Waals surface area contributed by atoms with Gasteiger partial charge in [0.15, 0.2) is 0 Å². The van der Waals surface area contributed by atoms with Crippen molar-refractivity contribution >= 4 is 6.09 Å². The Balaban J connectivity index is 1.93. The normalized spacial score (nSPS) is 16.8. The Morgan fingerprint density at radius 2 is 2.17 bits per heavy atom. The number of nitrogens with two attached hydrogens (primary N) is 1. The van der Waals surface area contributed by atoms with Crippen LogP contribution in [0.2, 0.25) is 0 Å². The van der Waals surface area contributed by atoms with E-state index in [1.54, 1.807) is 4.90 Å². The molecule has 0 aliphatic carbocycles. The van der Waals surface area contributed by atoms with Crippen molar-refractivity contribution in [3.63, 3.8) is 0 Å². The van der Waals surface area contributed by atoms with Gasteiger partial charge in [0.2, 0.25) is 0 Å². The minimum Gasteiger partial charge on any atom is -0.492 e. The van der Waals surface area contributed by atoms with Gasteiger partial charge in [-0.3, -0.25) is 0 Å². The molecule has 0 saturated carbocycles. The lowest BCUT2D eigenvalue weighted by Gasteiger charge is -2.27. The molecule has 2 N–H and O–H groups in total. The maximum atomic E-state index is 12.1. The van der Waals surface area contributed by atoms with Crippen molar-refractivity contribution in [1.82, 2.24) is 4.90 Å².